The molecular formula is C16H30N2OS. The Hall–Kier alpha value is -0.480. The molecule has 1 aromatic heterocycles. The standard InChI is InChI=1S/C16H30N2OS/c1-2-3-4-5-6-7-8-9-12-20-14-16(19)13-18-11-10-17-15-18/h10-11,15-16,19H,2-9,12-14H2,1H3. The second-order valence-corrected chi connectivity index (χ2v) is 6.61. The molecule has 1 aromatic rings. The normalized spacial score (nSPS) is 12.7. The van der Waals surface area contributed by atoms with Gasteiger partial charge in [0.15, 0.2) is 0 Å². The average molecular weight is 298 g/mol. The molecule has 0 aromatic carbocycles. The highest BCUT2D eigenvalue weighted by molar-refractivity contribution is 7.99. The van der Waals surface area contributed by atoms with Crippen LogP contribution in [-0.4, -0.2) is 32.3 Å². The zero-order valence-electron chi connectivity index (χ0n) is 12.8. The third kappa shape index (κ3) is 9.43. The first-order valence-corrected chi connectivity index (χ1v) is 9.20. The third-order valence-electron chi connectivity index (χ3n) is 3.43. The summed E-state index contributed by atoms with van der Waals surface area (Å²) in [6.07, 6.45) is 16.1. The van der Waals surface area contributed by atoms with Crippen LogP contribution in [0, 0.1) is 0 Å². The lowest BCUT2D eigenvalue weighted by Gasteiger charge is -2.10. The van der Waals surface area contributed by atoms with E-state index in [1.807, 2.05) is 22.5 Å². The smallest absolute Gasteiger partial charge is 0.0946 e. The fraction of sp³-hybridized carbons (Fsp3) is 0.812. The van der Waals surface area contributed by atoms with Gasteiger partial charge in [-0.25, -0.2) is 4.98 Å². The Morgan fingerprint density at radius 1 is 1.10 bits per heavy atom. The molecule has 0 spiro atoms. The van der Waals surface area contributed by atoms with Crippen LogP contribution in [0.15, 0.2) is 18.7 Å². The van der Waals surface area contributed by atoms with Crippen LogP contribution in [0.3, 0.4) is 0 Å². The maximum absolute atomic E-state index is 9.87. The van der Waals surface area contributed by atoms with Crippen molar-refractivity contribution in [2.24, 2.45) is 0 Å². The zero-order valence-corrected chi connectivity index (χ0v) is 13.7. The Labute approximate surface area is 128 Å². The summed E-state index contributed by atoms with van der Waals surface area (Å²) < 4.78 is 1.93. The van der Waals surface area contributed by atoms with Gasteiger partial charge in [-0.15, -0.1) is 0 Å². The summed E-state index contributed by atoms with van der Waals surface area (Å²) in [5.41, 5.74) is 0. The largest absolute Gasteiger partial charge is 0.390 e. The van der Waals surface area contributed by atoms with E-state index in [1.165, 1.54) is 57.1 Å². The number of unbranched alkanes of at least 4 members (excludes halogenated alkanes) is 7. The zero-order chi connectivity index (χ0) is 14.5. The van der Waals surface area contributed by atoms with Crippen molar-refractivity contribution in [3.63, 3.8) is 0 Å². The maximum atomic E-state index is 9.87. The highest BCUT2D eigenvalue weighted by Crippen LogP contribution is 2.12. The number of rotatable bonds is 13. The number of hydrogen-bond donors (Lipinski definition) is 1. The molecule has 0 fully saturated rings. The van der Waals surface area contributed by atoms with Gasteiger partial charge >= 0.3 is 0 Å². The van der Waals surface area contributed by atoms with Gasteiger partial charge in [0.25, 0.3) is 0 Å². The monoisotopic (exact) mass is 298 g/mol. The number of aromatic nitrogens is 2. The van der Waals surface area contributed by atoms with Gasteiger partial charge in [-0.3, -0.25) is 0 Å². The van der Waals surface area contributed by atoms with Gasteiger partial charge in [-0.1, -0.05) is 51.9 Å². The van der Waals surface area contributed by atoms with E-state index in [1.54, 1.807) is 12.5 Å². The summed E-state index contributed by atoms with van der Waals surface area (Å²) in [4.78, 5) is 3.98. The lowest BCUT2D eigenvalue weighted by atomic mass is 10.1. The van der Waals surface area contributed by atoms with Gasteiger partial charge in [0.1, 0.15) is 0 Å². The molecule has 20 heavy (non-hydrogen) atoms. The molecule has 1 unspecified atom stereocenters. The summed E-state index contributed by atoms with van der Waals surface area (Å²) >= 11 is 1.87. The van der Waals surface area contributed by atoms with Crippen LogP contribution in [0.5, 0.6) is 0 Å². The summed E-state index contributed by atoms with van der Waals surface area (Å²) in [5, 5.41) is 9.87. The molecule has 1 N–H and O–H groups in total. The van der Waals surface area contributed by atoms with Gasteiger partial charge in [-0.05, 0) is 12.2 Å². The Balaban J connectivity index is 1.82. The molecule has 116 valence electrons. The number of nitrogens with zero attached hydrogens (tertiary/aromatic N) is 2. The van der Waals surface area contributed by atoms with Crippen molar-refractivity contribution in [2.75, 3.05) is 11.5 Å². The number of aliphatic hydroxyl groups is 1. The van der Waals surface area contributed by atoms with E-state index < -0.39 is 0 Å². The van der Waals surface area contributed by atoms with Gasteiger partial charge in [0.2, 0.25) is 0 Å². The molecule has 0 aliphatic heterocycles. The second-order valence-electron chi connectivity index (χ2n) is 5.46. The summed E-state index contributed by atoms with van der Waals surface area (Å²) in [6.45, 7) is 2.92. The van der Waals surface area contributed by atoms with Crippen molar-refractivity contribution in [3.05, 3.63) is 18.7 Å². The first-order chi connectivity index (χ1) is 9.83. The molecular weight excluding hydrogens is 268 g/mol. The lowest BCUT2D eigenvalue weighted by Crippen LogP contribution is -2.17. The highest BCUT2D eigenvalue weighted by Gasteiger charge is 2.04. The van der Waals surface area contributed by atoms with Crippen LogP contribution in [0.25, 0.3) is 0 Å². The summed E-state index contributed by atoms with van der Waals surface area (Å²) in [6, 6.07) is 0. The number of thioether (sulfide) groups is 1. The van der Waals surface area contributed by atoms with E-state index in [0.29, 0.717) is 6.54 Å². The van der Waals surface area contributed by atoms with Crippen molar-refractivity contribution in [1.29, 1.82) is 0 Å². The maximum Gasteiger partial charge on any atom is 0.0946 e. The quantitative estimate of drug-likeness (QED) is 0.557. The Morgan fingerprint density at radius 2 is 1.80 bits per heavy atom. The molecule has 1 atom stereocenters. The van der Waals surface area contributed by atoms with Crippen LogP contribution in [-0.2, 0) is 6.54 Å². The second kappa shape index (κ2) is 12.3. The third-order valence-corrected chi connectivity index (χ3v) is 4.63. The van der Waals surface area contributed by atoms with Crippen molar-refractivity contribution in [1.82, 2.24) is 9.55 Å². The molecule has 1 rings (SSSR count). The van der Waals surface area contributed by atoms with E-state index in [-0.39, 0.29) is 6.10 Å². The molecule has 0 aliphatic carbocycles. The Kier molecular flexibility index (Phi) is 10.8. The van der Waals surface area contributed by atoms with Crippen LogP contribution in [0.2, 0.25) is 0 Å². The van der Waals surface area contributed by atoms with Gasteiger partial charge in [0.05, 0.1) is 19.0 Å². The van der Waals surface area contributed by atoms with E-state index in [4.69, 9.17) is 0 Å². The van der Waals surface area contributed by atoms with Gasteiger partial charge < -0.3 is 9.67 Å². The average Bonchev–Trinajstić information content (AvgIpc) is 2.93. The summed E-state index contributed by atoms with van der Waals surface area (Å²) in [5.74, 6) is 2.00. The van der Waals surface area contributed by atoms with Crippen LogP contribution < -0.4 is 0 Å². The minimum atomic E-state index is -0.261. The van der Waals surface area contributed by atoms with E-state index >= 15 is 0 Å². The molecule has 4 heteroatoms. The first-order valence-electron chi connectivity index (χ1n) is 8.04. The highest BCUT2D eigenvalue weighted by atomic mass is 32.2. The van der Waals surface area contributed by atoms with E-state index in [0.717, 1.165) is 5.75 Å². The first kappa shape index (κ1) is 17.6. The van der Waals surface area contributed by atoms with Crippen molar-refractivity contribution >= 4 is 11.8 Å². The fourth-order valence-electron chi connectivity index (χ4n) is 2.25. The molecule has 0 amide bonds. The number of aliphatic hydroxyl groups excluding tert-OH is 1. The molecule has 0 aliphatic rings. The van der Waals surface area contributed by atoms with Crippen molar-refractivity contribution < 1.29 is 5.11 Å². The van der Waals surface area contributed by atoms with Crippen LogP contribution in [0.1, 0.15) is 58.3 Å². The Bertz CT molecular complexity index is 303. The van der Waals surface area contributed by atoms with Gasteiger partial charge in [-0.2, -0.15) is 11.8 Å². The number of hydrogen-bond acceptors (Lipinski definition) is 3. The summed E-state index contributed by atoms with van der Waals surface area (Å²) in [7, 11) is 0. The van der Waals surface area contributed by atoms with Gasteiger partial charge in [0, 0.05) is 18.1 Å². The minimum absolute atomic E-state index is 0.261. The fourth-order valence-corrected chi connectivity index (χ4v) is 3.20. The minimum Gasteiger partial charge on any atom is -0.390 e. The van der Waals surface area contributed by atoms with Crippen LogP contribution >= 0.6 is 11.8 Å². The SMILES string of the molecule is CCCCCCCCCCSCC(O)Cn1ccnc1. The molecule has 0 saturated carbocycles. The number of imidazole rings is 1. The molecule has 0 saturated heterocycles. The predicted molar refractivity (Wildman–Crippen MR) is 88.2 cm³/mol. The van der Waals surface area contributed by atoms with E-state index in [9.17, 15) is 5.11 Å². The Morgan fingerprint density at radius 3 is 2.45 bits per heavy atom. The molecule has 1 heterocycles. The molecule has 0 bridgehead atoms. The topological polar surface area (TPSA) is 38.0 Å². The van der Waals surface area contributed by atoms with E-state index in [2.05, 4.69) is 11.9 Å². The lowest BCUT2D eigenvalue weighted by molar-refractivity contribution is 0.178. The molecule has 0 radical (unpaired) electrons. The predicted octanol–water partition coefficient (Wildman–Crippen LogP) is 4.12. The van der Waals surface area contributed by atoms with Crippen molar-refractivity contribution in [2.45, 2.75) is 70.9 Å². The van der Waals surface area contributed by atoms with Crippen LogP contribution in [0.4, 0.5) is 0 Å². The van der Waals surface area contributed by atoms with Crippen molar-refractivity contribution in [3.8, 4) is 0 Å². The molecule has 3 nitrogen and oxygen atoms in total.